The van der Waals surface area contributed by atoms with Crippen molar-refractivity contribution in [3.8, 4) is 11.5 Å². The number of methoxy groups -OCH3 is 1. The van der Waals surface area contributed by atoms with Crippen LogP contribution >= 0.6 is 12.2 Å². The maximum atomic E-state index is 5.90. The molecule has 0 aliphatic carbocycles. The molecular formula is C23H23N3O2S. The maximum Gasteiger partial charge on any atom is 0.191 e. The second kappa shape index (κ2) is 10.2. The van der Waals surface area contributed by atoms with Crippen molar-refractivity contribution in [2.45, 2.75) is 13.5 Å². The molecule has 0 heterocycles. The van der Waals surface area contributed by atoms with Crippen LogP contribution in [0.2, 0.25) is 0 Å². The van der Waals surface area contributed by atoms with Gasteiger partial charge in [-0.1, -0.05) is 48.0 Å². The number of anilines is 1. The average Bonchev–Trinajstić information content (AvgIpc) is 2.74. The Kier molecular flexibility index (Phi) is 7.19. The lowest BCUT2D eigenvalue weighted by Gasteiger charge is -2.11. The Morgan fingerprint density at radius 3 is 2.48 bits per heavy atom. The normalized spacial score (nSPS) is 10.6. The zero-order valence-corrected chi connectivity index (χ0v) is 17.2. The quantitative estimate of drug-likeness (QED) is 0.333. The van der Waals surface area contributed by atoms with Crippen molar-refractivity contribution >= 4 is 29.2 Å². The SMILES string of the molecule is COc1cc(/C=N\NC(=S)Nc2ccccc2)ccc1OCc1ccc(C)cc1. The van der Waals surface area contributed by atoms with Gasteiger partial charge < -0.3 is 14.8 Å². The van der Waals surface area contributed by atoms with E-state index in [1.165, 1.54) is 5.56 Å². The molecule has 0 saturated heterocycles. The standard InChI is InChI=1S/C23H23N3O2S/c1-17-8-10-18(11-9-17)16-28-21-13-12-19(14-22(21)27-2)15-24-26-23(29)25-20-6-4-3-5-7-20/h3-15H,16H2,1-2H3,(H2,25,26,29)/b24-15-. The number of ether oxygens (including phenoxy) is 2. The van der Waals surface area contributed by atoms with Gasteiger partial charge in [0.05, 0.1) is 13.3 Å². The number of thiocarbonyl (C=S) groups is 1. The van der Waals surface area contributed by atoms with E-state index >= 15 is 0 Å². The van der Waals surface area contributed by atoms with Crippen LogP contribution in [0.1, 0.15) is 16.7 Å². The molecule has 29 heavy (non-hydrogen) atoms. The monoisotopic (exact) mass is 405 g/mol. The third-order valence-electron chi connectivity index (χ3n) is 4.11. The largest absolute Gasteiger partial charge is 0.493 e. The Morgan fingerprint density at radius 2 is 1.76 bits per heavy atom. The van der Waals surface area contributed by atoms with E-state index in [1.807, 2.05) is 48.5 Å². The van der Waals surface area contributed by atoms with E-state index in [9.17, 15) is 0 Å². The Morgan fingerprint density at radius 1 is 1.00 bits per heavy atom. The molecule has 3 aromatic carbocycles. The summed E-state index contributed by atoms with van der Waals surface area (Å²) in [5, 5.41) is 7.64. The number of aryl methyl sites for hydroxylation is 1. The predicted octanol–water partition coefficient (Wildman–Crippen LogP) is 4.90. The van der Waals surface area contributed by atoms with Gasteiger partial charge in [0, 0.05) is 5.69 Å². The molecule has 148 valence electrons. The Bertz CT molecular complexity index is 973. The van der Waals surface area contributed by atoms with Crippen LogP contribution in [0.4, 0.5) is 5.69 Å². The van der Waals surface area contributed by atoms with Gasteiger partial charge in [0.2, 0.25) is 0 Å². The first-order chi connectivity index (χ1) is 14.1. The van der Waals surface area contributed by atoms with Gasteiger partial charge in [-0.2, -0.15) is 5.10 Å². The van der Waals surface area contributed by atoms with Crippen LogP contribution in [0.25, 0.3) is 0 Å². The molecule has 0 amide bonds. The van der Waals surface area contributed by atoms with E-state index in [2.05, 4.69) is 47.0 Å². The van der Waals surface area contributed by atoms with E-state index in [0.29, 0.717) is 23.2 Å². The Balaban J connectivity index is 1.56. The minimum absolute atomic E-state index is 0.414. The highest BCUT2D eigenvalue weighted by molar-refractivity contribution is 7.80. The zero-order valence-electron chi connectivity index (χ0n) is 16.4. The molecule has 0 spiro atoms. The van der Waals surface area contributed by atoms with Crippen LogP contribution in [0, 0.1) is 6.92 Å². The first-order valence-electron chi connectivity index (χ1n) is 9.15. The fourth-order valence-corrected chi connectivity index (χ4v) is 2.75. The minimum Gasteiger partial charge on any atom is -0.493 e. The van der Waals surface area contributed by atoms with Gasteiger partial charge in [-0.15, -0.1) is 0 Å². The highest BCUT2D eigenvalue weighted by Gasteiger charge is 2.06. The zero-order chi connectivity index (χ0) is 20.5. The number of hydrazone groups is 1. The summed E-state index contributed by atoms with van der Waals surface area (Å²) in [7, 11) is 1.62. The van der Waals surface area contributed by atoms with Gasteiger partial charge in [-0.05, 0) is 60.6 Å². The summed E-state index contributed by atoms with van der Waals surface area (Å²) in [6.07, 6.45) is 1.67. The summed E-state index contributed by atoms with van der Waals surface area (Å²) in [6.45, 7) is 2.54. The van der Waals surface area contributed by atoms with Crippen LogP contribution < -0.4 is 20.2 Å². The van der Waals surface area contributed by atoms with E-state index < -0.39 is 0 Å². The van der Waals surface area contributed by atoms with Crippen LogP contribution in [0.15, 0.2) is 77.9 Å². The molecule has 0 fully saturated rings. The van der Waals surface area contributed by atoms with Crippen molar-refractivity contribution < 1.29 is 9.47 Å². The van der Waals surface area contributed by atoms with E-state index in [1.54, 1.807) is 13.3 Å². The number of hydrogen-bond acceptors (Lipinski definition) is 4. The third-order valence-corrected chi connectivity index (χ3v) is 4.31. The first-order valence-corrected chi connectivity index (χ1v) is 9.56. The van der Waals surface area contributed by atoms with Gasteiger partial charge in [0.1, 0.15) is 6.61 Å². The van der Waals surface area contributed by atoms with Gasteiger partial charge in [-0.3, -0.25) is 5.43 Å². The van der Waals surface area contributed by atoms with Crippen molar-refractivity contribution in [3.63, 3.8) is 0 Å². The van der Waals surface area contributed by atoms with Crippen molar-refractivity contribution in [2.75, 3.05) is 12.4 Å². The number of para-hydroxylation sites is 1. The number of benzene rings is 3. The number of nitrogens with zero attached hydrogens (tertiary/aromatic N) is 1. The molecule has 0 bridgehead atoms. The fourth-order valence-electron chi connectivity index (χ4n) is 2.58. The Labute approximate surface area is 176 Å². The van der Waals surface area contributed by atoms with Crippen LogP contribution in [-0.4, -0.2) is 18.4 Å². The minimum atomic E-state index is 0.414. The molecule has 0 radical (unpaired) electrons. The highest BCUT2D eigenvalue weighted by Crippen LogP contribution is 2.28. The predicted molar refractivity (Wildman–Crippen MR) is 122 cm³/mol. The summed E-state index contributed by atoms with van der Waals surface area (Å²) in [4.78, 5) is 0. The van der Waals surface area contributed by atoms with Crippen LogP contribution in [0.5, 0.6) is 11.5 Å². The molecule has 0 aromatic heterocycles. The van der Waals surface area contributed by atoms with E-state index in [-0.39, 0.29) is 0 Å². The first kappa shape index (κ1) is 20.4. The molecule has 0 unspecified atom stereocenters. The van der Waals surface area contributed by atoms with Crippen molar-refractivity contribution in [1.82, 2.24) is 5.43 Å². The van der Waals surface area contributed by atoms with Crippen LogP contribution in [-0.2, 0) is 6.61 Å². The van der Waals surface area contributed by atoms with Crippen molar-refractivity contribution in [3.05, 3.63) is 89.5 Å². The molecular weight excluding hydrogens is 382 g/mol. The fraction of sp³-hybridized carbons (Fsp3) is 0.130. The molecule has 0 aliphatic rings. The van der Waals surface area contributed by atoms with E-state index in [4.69, 9.17) is 21.7 Å². The number of rotatable bonds is 7. The number of hydrogen-bond donors (Lipinski definition) is 2. The third kappa shape index (κ3) is 6.33. The molecule has 3 rings (SSSR count). The van der Waals surface area contributed by atoms with Crippen molar-refractivity contribution in [1.29, 1.82) is 0 Å². The van der Waals surface area contributed by atoms with E-state index in [0.717, 1.165) is 16.8 Å². The van der Waals surface area contributed by atoms with Gasteiger partial charge >= 0.3 is 0 Å². The molecule has 0 atom stereocenters. The molecule has 2 N–H and O–H groups in total. The van der Waals surface area contributed by atoms with Crippen LogP contribution in [0.3, 0.4) is 0 Å². The van der Waals surface area contributed by atoms with Gasteiger partial charge in [0.15, 0.2) is 16.6 Å². The molecule has 5 nitrogen and oxygen atoms in total. The molecule has 3 aromatic rings. The van der Waals surface area contributed by atoms with Gasteiger partial charge in [-0.25, -0.2) is 0 Å². The lowest BCUT2D eigenvalue weighted by Crippen LogP contribution is -2.23. The summed E-state index contributed by atoms with van der Waals surface area (Å²) in [5.41, 5.74) is 6.89. The second-order valence-corrected chi connectivity index (χ2v) is 6.78. The smallest absolute Gasteiger partial charge is 0.191 e. The average molecular weight is 406 g/mol. The Hall–Kier alpha value is -3.38. The second-order valence-electron chi connectivity index (χ2n) is 6.37. The van der Waals surface area contributed by atoms with Crippen molar-refractivity contribution in [2.24, 2.45) is 5.10 Å². The summed E-state index contributed by atoms with van der Waals surface area (Å²) in [5.74, 6) is 1.32. The lowest BCUT2D eigenvalue weighted by molar-refractivity contribution is 0.284. The summed E-state index contributed by atoms with van der Waals surface area (Å²) in [6, 6.07) is 23.6. The molecule has 0 saturated carbocycles. The maximum absolute atomic E-state index is 5.90. The summed E-state index contributed by atoms with van der Waals surface area (Å²) >= 11 is 5.23. The summed E-state index contributed by atoms with van der Waals surface area (Å²) < 4.78 is 11.4. The van der Waals surface area contributed by atoms with Gasteiger partial charge in [0.25, 0.3) is 0 Å². The number of nitrogens with one attached hydrogen (secondary N) is 2. The highest BCUT2D eigenvalue weighted by atomic mass is 32.1. The molecule has 6 heteroatoms. The lowest BCUT2D eigenvalue weighted by atomic mass is 10.2. The topological polar surface area (TPSA) is 54.9 Å². The molecule has 0 aliphatic heterocycles.